The smallest absolute Gasteiger partial charge is 0.230 e. The van der Waals surface area contributed by atoms with Gasteiger partial charge in [0.1, 0.15) is 0 Å². The highest BCUT2D eigenvalue weighted by Gasteiger charge is 2.18. The third-order valence-electron chi connectivity index (χ3n) is 4.55. The number of carbonyl (C=O) groups is 1. The average Bonchev–Trinajstić information content (AvgIpc) is 3.36. The first-order chi connectivity index (χ1) is 14.7. The van der Waals surface area contributed by atoms with Crippen molar-refractivity contribution in [2.45, 2.75) is 24.4 Å². The molecule has 2 aromatic heterocycles. The van der Waals surface area contributed by atoms with Crippen molar-refractivity contribution in [3.63, 3.8) is 0 Å². The maximum Gasteiger partial charge on any atom is 0.230 e. The van der Waals surface area contributed by atoms with Gasteiger partial charge < -0.3 is 9.30 Å². The first-order valence-electron chi connectivity index (χ1n) is 9.54. The third kappa shape index (κ3) is 4.40. The number of methoxy groups -OCH3 is 1. The molecule has 0 saturated carbocycles. The van der Waals surface area contributed by atoms with Gasteiger partial charge in [0.15, 0.2) is 10.3 Å². The molecule has 0 aliphatic carbocycles. The van der Waals surface area contributed by atoms with E-state index < -0.39 is 0 Å². The van der Waals surface area contributed by atoms with Gasteiger partial charge in [-0.25, -0.2) is 9.97 Å². The van der Waals surface area contributed by atoms with E-state index in [0.717, 1.165) is 34.1 Å². The Bertz CT molecular complexity index is 1140. The summed E-state index contributed by atoms with van der Waals surface area (Å²) in [6.45, 7) is 2.92. The number of imidazole rings is 1. The summed E-state index contributed by atoms with van der Waals surface area (Å²) in [5.74, 6) is 0.615. The molecule has 2 heterocycles. The van der Waals surface area contributed by atoms with Crippen molar-refractivity contribution in [2.24, 2.45) is 0 Å². The lowest BCUT2D eigenvalue weighted by atomic mass is 10.3. The van der Waals surface area contributed by atoms with Crippen LogP contribution in [0.5, 0.6) is 0 Å². The molecule has 0 saturated heterocycles. The van der Waals surface area contributed by atoms with Crippen LogP contribution in [0.1, 0.15) is 12.6 Å². The molecule has 0 bridgehead atoms. The number of aromatic nitrogens is 3. The van der Waals surface area contributed by atoms with E-state index in [2.05, 4.69) is 10.6 Å². The fourth-order valence-corrected chi connectivity index (χ4v) is 5.10. The number of hydrogen-bond acceptors (Lipinski definition) is 6. The summed E-state index contributed by atoms with van der Waals surface area (Å²) < 4.78 is 7.45. The average molecular weight is 439 g/mol. The number of fused-ring (bicyclic) bond motifs is 1. The summed E-state index contributed by atoms with van der Waals surface area (Å²) in [5, 5.41) is 3.62. The molecule has 8 heteroatoms. The van der Waals surface area contributed by atoms with Crippen LogP contribution in [0.2, 0.25) is 0 Å². The maximum atomic E-state index is 12.2. The van der Waals surface area contributed by atoms with Crippen molar-refractivity contribution in [2.75, 3.05) is 18.6 Å². The van der Waals surface area contributed by atoms with Crippen molar-refractivity contribution in [3.05, 3.63) is 65.7 Å². The summed E-state index contributed by atoms with van der Waals surface area (Å²) in [6.07, 6.45) is 0. The fourth-order valence-electron chi connectivity index (χ4n) is 3.17. The normalized spacial score (nSPS) is 11.1. The van der Waals surface area contributed by atoms with Gasteiger partial charge in [0.2, 0.25) is 5.91 Å². The van der Waals surface area contributed by atoms with Crippen molar-refractivity contribution in [3.8, 4) is 0 Å². The zero-order chi connectivity index (χ0) is 20.9. The minimum Gasteiger partial charge on any atom is -0.383 e. The van der Waals surface area contributed by atoms with Crippen molar-refractivity contribution in [1.82, 2.24) is 14.5 Å². The molecule has 30 heavy (non-hydrogen) atoms. The molecule has 4 aromatic rings. The molecule has 6 nitrogen and oxygen atoms in total. The predicted octanol–water partition coefficient (Wildman–Crippen LogP) is 5.12. The zero-order valence-electron chi connectivity index (χ0n) is 16.8. The number of nitrogens with zero attached hydrogens (tertiary/aromatic N) is 4. The van der Waals surface area contributed by atoms with E-state index in [-0.39, 0.29) is 5.91 Å². The number of carbonyl (C=O) groups excluding carboxylic acids is 1. The molecule has 0 aliphatic heterocycles. The third-order valence-corrected chi connectivity index (χ3v) is 6.43. The van der Waals surface area contributed by atoms with Crippen LogP contribution in [0.15, 0.2) is 65.1 Å². The van der Waals surface area contributed by atoms with Crippen molar-refractivity contribution >= 4 is 50.9 Å². The molecule has 0 fully saturated rings. The molecular formula is C22H22N4O2S2. The fraction of sp³-hybridized carbons (Fsp3) is 0.227. The molecule has 4 rings (SSSR count). The van der Waals surface area contributed by atoms with Crippen LogP contribution in [-0.2, 0) is 21.8 Å². The molecule has 0 spiro atoms. The van der Waals surface area contributed by atoms with Gasteiger partial charge in [-0.1, -0.05) is 42.1 Å². The SMILES string of the molecule is COCCn1c(SCc2csc(N(C(C)=O)c3ccccc3)n2)nc2ccccc21. The number of thioether (sulfide) groups is 1. The molecular weight excluding hydrogens is 416 g/mol. The first-order valence-corrected chi connectivity index (χ1v) is 11.4. The van der Waals surface area contributed by atoms with Crippen LogP contribution in [0, 0.1) is 0 Å². The number of benzene rings is 2. The van der Waals surface area contributed by atoms with Gasteiger partial charge in [-0.2, -0.15) is 0 Å². The van der Waals surface area contributed by atoms with Gasteiger partial charge in [-0.05, 0) is 24.3 Å². The lowest BCUT2D eigenvalue weighted by molar-refractivity contribution is -0.115. The minimum absolute atomic E-state index is 0.0592. The van der Waals surface area contributed by atoms with Crippen LogP contribution in [-0.4, -0.2) is 34.2 Å². The van der Waals surface area contributed by atoms with Gasteiger partial charge in [-0.15, -0.1) is 11.3 Å². The second-order valence-electron chi connectivity index (χ2n) is 6.63. The highest BCUT2D eigenvalue weighted by molar-refractivity contribution is 7.98. The Balaban J connectivity index is 1.54. The van der Waals surface area contributed by atoms with Gasteiger partial charge in [-0.3, -0.25) is 9.69 Å². The van der Waals surface area contributed by atoms with Crippen LogP contribution in [0.4, 0.5) is 10.8 Å². The first kappa shape index (κ1) is 20.6. The largest absolute Gasteiger partial charge is 0.383 e. The standard InChI is InChI=1S/C22H22N4O2S2/c1-16(27)26(18-8-4-3-5-9-18)22-23-17(15-30-22)14-29-21-24-19-10-6-7-11-20(19)25(21)12-13-28-2/h3-11,15H,12-14H2,1-2H3. The topological polar surface area (TPSA) is 60.2 Å². The van der Waals surface area contributed by atoms with Gasteiger partial charge in [0.05, 0.1) is 29.0 Å². The Hall–Kier alpha value is -2.68. The van der Waals surface area contributed by atoms with E-state index in [9.17, 15) is 4.79 Å². The van der Waals surface area contributed by atoms with E-state index in [4.69, 9.17) is 14.7 Å². The molecule has 2 aromatic carbocycles. The molecule has 0 N–H and O–H groups in total. The lowest BCUT2D eigenvalue weighted by Gasteiger charge is -2.17. The summed E-state index contributed by atoms with van der Waals surface area (Å²) in [6, 6.07) is 17.7. The molecule has 0 aliphatic rings. The number of rotatable bonds is 8. The van der Waals surface area contributed by atoms with E-state index in [1.54, 1.807) is 30.7 Å². The van der Waals surface area contributed by atoms with E-state index in [0.29, 0.717) is 17.5 Å². The highest BCUT2D eigenvalue weighted by Crippen LogP contribution is 2.32. The number of para-hydroxylation sites is 3. The molecule has 154 valence electrons. The van der Waals surface area contributed by atoms with E-state index in [1.807, 2.05) is 53.9 Å². The number of hydrogen-bond donors (Lipinski definition) is 0. The quantitative estimate of drug-likeness (QED) is 0.358. The Kier molecular flexibility index (Phi) is 6.47. The van der Waals surface area contributed by atoms with Crippen molar-refractivity contribution in [1.29, 1.82) is 0 Å². The zero-order valence-corrected chi connectivity index (χ0v) is 18.4. The van der Waals surface area contributed by atoms with Crippen LogP contribution in [0.25, 0.3) is 11.0 Å². The van der Waals surface area contributed by atoms with Crippen LogP contribution < -0.4 is 4.90 Å². The summed E-state index contributed by atoms with van der Waals surface area (Å²) >= 11 is 3.12. The summed E-state index contributed by atoms with van der Waals surface area (Å²) in [4.78, 5) is 23.4. The lowest BCUT2D eigenvalue weighted by Crippen LogP contribution is -2.22. The number of ether oxygens (including phenoxy) is 1. The van der Waals surface area contributed by atoms with Crippen molar-refractivity contribution < 1.29 is 9.53 Å². The van der Waals surface area contributed by atoms with E-state index >= 15 is 0 Å². The maximum absolute atomic E-state index is 12.2. The summed E-state index contributed by atoms with van der Waals surface area (Å²) in [7, 11) is 1.70. The van der Waals surface area contributed by atoms with Gasteiger partial charge in [0.25, 0.3) is 0 Å². The van der Waals surface area contributed by atoms with E-state index in [1.165, 1.54) is 11.3 Å². The van der Waals surface area contributed by atoms with Crippen LogP contribution >= 0.6 is 23.1 Å². The van der Waals surface area contributed by atoms with Gasteiger partial charge in [0, 0.05) is 31.7 Å². The van der Waals surface area contributed by atoms with Gasteiger partial charge >= 0.3 is 0 Å². The Morgan fingerprint density at radius 3 is 2.67 bits per heavy atom. The Morgan fingerprint density at radius 2 is 1.90 bits per heavy atom. The molecule has 1 amide bonds. The monoisotopic (exact) mass is 438 g/mol. The Morgan fingerprint density at radius 1 is 1.13 bits per heavy atom. The molecule has 0 radical (unpaired) electrons. The summed E-state index contributed by atoms with van der Waals surface area (Å²) in [5.41, 5.74) is 3.82. The molecule has 0 atom stereocenters. The second kappa shape index (κ2) is 9.42. The number of amides is 1. The van der Waals surface area contributed by atoms with Crippen LogP contribution in [0.3, 0.4) is 0 Å². The second-order valence-corrected chi connectivity index (χ2v) is 8.41. The highest BCUT2D eigenvalue weighted by atomic mass is 32.2. The minimum atomic E-state index is -0.0592. The predicted molar refractivity (Wildman–Crippen MR) is 123 cm³/mol. The number of thiazole rings is 1. The Labute approximate surface area is 183 Å². The number of anilines is 2. The molecule has 0 unspecified atom stereocenters.